The van der Waals surface area contributed by atoms with Gasteiger partial charge in [-0.1, -0.05) is 12.1 Å². The Bertz CT molecular complexity index is 682. The molecule has 2 aromatic rings. The van der Waals surface area contributed by atoms with Crippen LogP contribution in [-0.2, 0) is 13.5 Å². The van der Waals surface area contributed by atoms with Crippen LogP contribution in [0.15, 0.2) is 24.3 Å². The van der Waals surface area contributed by atoms with E-state index in [1.807, 2.05) is 17.8 Å². The maximum absolute atomic E-state index is 14.1. The van der Waals surface area contributed by atoms with Crippen LogP contribution in [0, 0.1) is 17.1 Å². The lowest BCUT2D eigenvalue weighted by Crippen LogP contribution is -2.11. The summed E-state index contributed by atoms with van der Waals surface area (Å²) in [4.78, 5) is 0. The second-order valence-electron chi connectivity index (χ2n) is 5.26. The summed E-state index contributed by atoms with van der Waals surface area (Å²) >= 11 is 0. The van der Waals surface area contributed by atoms with Gasteiger partial charge in [0.25, 0.3) is 0 Å². The molecule has 1 heterocycles. The van der Waals surface area contributed by atoms with E-state index >= 15 is 0 Å². The lowest BCUT2D eigenvalue weighted by atomic mass is 9.82. The van der Waals surface area contributed by atoms with Crippen LogP contribution in [0.4, 0.5) is 4.39 Å². The Morgan fingerprint density at radius 3 is 3.00 bits per heavy atom. The summed E-state index contributed by atoms with van der Waals surface area (Å²) in [5, 5.41) is 13.5. The van der Waals surface area contributed by atoms with Gasteiger partial charge in [-0.15, -0.1) is 0 Å². The molecule has 0 bridgehead atoms. The molecule has 0 amide bonds. The molecule has 1 aromatic carbocycles. The van der Waals surface area contributed by atoms with Crippen molar-refractivity contribution in [1.82, 2.24) is 9.78 Å². The molecule has 20 heavy (non-hydrogen) atoms. The average Bonchev–Trinajstić information content (AvgIpc) is 2.78. The minimum atomic E-state index is -0.255. The quantitative estimate of drug-likeness (QED) is 0.836. The van der Waals surface area contributed by atoms with Gasteiger partial charge in [-0.05, 0) is 31.4 Å². The summed E-state index contributed by atoms with van der Waals surface area (Å²) in [5.41, 5.74) is 3.47. The monoisotopic (exact) mass is 269 g/mol. The van der Waals surface area contributed by atoms with Crippen LogP contribution in [0.5, 0.6) is 0 Å². The number of fused-ring (bicyclic) bond motifs is 1. The highest BCUT2D eigenvalue weighted by Gasteiger charge is 2.29. The second kappa shape index (κ2) is 5.09. The Labute approximate surface area is 117 Å². The zero-order chi connectivity index (χ0) is 14.1. The number of aryl methyl sites for hydroxylation is 1. The van der Waals surface area contributed by atoms with Crippen molar-refractivity contribution in [1.29, 1.82) is 5.26 Å². The largest absolute Gasteiger partial charge is 0.272 e. The van der Waals surface area contributed by atoms with Gasteiger partial charge in [-0.2, -0.15) is 10.4 Å². The van der Waals surface area contributed by atoms with Crippen LogP contribution in [0.1, 0.15) is 36.4 Å². The van der Waals surface area contributed by atoms with Gasteiger partial charge >= 0.3 is 0 Å². The molecular weight excluding hydrogens is 253 g/mol. The number of aromatic nitrogens is 2. The summed E-state index contributed by atoms with van der Waals surface area (Å²) in [6, 6.07) is 8.97. The van der Waals surface area contributed by atoms with E-state index in [-0.39, 0.29) is 11.7 Å². The zero-order valence-electron chi connectivity index (χ0n) is 11.4. The normalized spacial score (nSPS) is 17.6. The Balaban J connectivity index is 2.19. The van der Waals surface area contributed by atoms with Crippen molar-refractivity contribution in [2.75, 3.05) is 0 Å². The molecule has 0 spiro atoms. The van der Waals surface area contributed by atoms with Crippen LogP contribution in [-0.4, -0.2) is 9.78 Å². The summed E-state index contributed by atoms with van der Waals surface area (Å²) < 4.78 is 15.9. The van der Waals surface area contributed by atoms with Crippen molar-refractivity contribution in [2.45, 2.75) is 31.6 Å². The van der Waals surface area contributed by atoms with Crippen molar-refractivity contribution >= 4 is 0 Å². The van der Waals surface area contributed by atoms with E-state index in [1.54, 1.807) is 12.1 Å². The Kier molecular flexibility index (Phi) is 3.27. The smallest absolute Gasteiger partial charge is 0.132 e. The number of halogens is 1. The molecule has 1 aromatic heterocycles. The number of nitriles is 1. The van der Waals surface area contributed by atoms with Gasteiger partial charge in [-0.25, -0.2) is 4.39 Å². The lowest BCUT2D eigenvalue weighted by molar-refractivity contribution is 0.541. The molecule has 1 unspecified atom stereocenters. The molecule has 0 N–H and O–H groups in total. The van der Waals surface area contributed by atoms with Crippen molar-refractivity contribution in [3.05, 3.63) is 41.3 Å². The number of nitrogens with zero attached hydrogens (tertiary/aromatic N) is 3. The molecule has 0 fully saturated rings. The minimum absolute atomic E-state index is 0.173. The fourth-order valence-corrected chi connectivity index (χ4v) is 3.13. The van der Waals surface area contributed by atoms with E-state index in [2.05, 4.69) is 11.2 Å². The fourth-order valence-electron chi connectivity index (χ4n) is 3.13. The molecule has 3 rings (SSSR count). The highest BCUT2D eigenvalue weighted by Crippen LogP contribution is 2.40. The van der Waals surface area contributed by atoms with E-state index in [1.165, 1.54) is 6.07 Å². The third kappa shape index (κ3) is 2.00. The Morgan fingerprint density at radius 1 is 1.45 bits per heavy atom. The van der Waals surface area contributed by atoms with Gasteiger partial charge in [-0.3, -0.25) is 4.68 Å². The standard InChI is InChI=1S/C16H16FN3/c1-20-14-8-4-5-11(9-10-18)15(14)16(19-20)12-6-2-3-7-13(12)17/h2-3,6-7,11H,4-5,8-9H2,1H3. The van der Waals surface area contributed by atoms with Crippen LogP contribution >= 0.6 is 0 Å². The molecule has 0 saturated carbocycles. The number of benzene rings is 1. The number of hydrogen-bond donors (Lipinski definition) is 0. The van der Waals surface area contributed by atoms with E-state index in [0.29, 0.717) is 17.7 Å². The van der Waals surface area contributed by atoms with Crippen LogP contribution in [0.3, 0.4) is 0 Å². The van der Waals surface area contributed by atoms with Gasteiger partial charge in [0.1, 0.15) is 5.82 Å². The molecule has 1 atom stereocenters. The van der Waals surface area contributed by atoms with Gasteiger partial charge < -0.3 is 0 Å². The topological polar surface area (TPSA) is 41.6 Å². The maximum Gasteiger partial charge on any atom is 0.132 e. The minimum Gasteiger partial charge on any atom is -0.272 e. The molecule has 102 valence electrons. The van der Waals surface area contributed by atoms with E-state index in [9.17, 15) is 4.39 Å². The molecule has 1 aliphatic carbocycles. The lowest BCUT2D eigenvalue weighted by Gasteiger charge is -2.21. The van der Waals surface area contributed by atoms with Gasteiger partial charge in [0.15, 0.2) is 0 Å². The zero-order valence-corrected chi connectivity index (χ0v) is 11.4. The van der Waals surface area contributed by atoms with Gasteiger partial charge in [0, 0.05) is 36.2 Å². The first kappa shape index (κ1) is 12.9. The molecule has 0 aliphatic heterocycles. The fraction of sp³-hybridized carbons (Fsp3) is 0.375. The molecular formula is C16H16FN3. The molecule has 4 heteroatoms. The Hall–Kier alpha value is -2.15. The van der Waals surface area contributed by atoms with Crippen molar-refractivity contribution < 1.29 is 4.39 Å². The number of rotatable bonds is 2. The van der Waals surface area contributed by atoms with Crippen molar-refractivity contribution in [2.24, 2.45) is 7.05 Å². The van der Waals surface area contributed by atoms with E-state index in [4.69, 9.17) is 5.26 Å². The first-order valence-corrected chi connectivity index (χ1v) is 6.90. The van der Waals surface area contributed by atoms with Crippen LogP contribution in [0.2, 0.25) is 0 Å². The third-order valence-electron chi connectivity index (χ3n) is 4.05. The average molecular weight is 269 g/mol. The van der Waals surface area contributed by atoms with Crippen LogP contribution in [0.25, 0.3) is 11.3 Å². The summed E-state index contributed by atoms with van der Waals surface area (Å²) in [6.45, 7) is 0. The number of hydrogen-bond acceptors (Lipinski definition) is 2. The van der Waals surface area contributed by atoms with Gasteiger partial charge in [0.05, 0.1) is 11.8 Å². The summed E-state index contributed by atoms with van der Waals surface area (Å²) in [6.07, 6.45) is 3.47. The SMILES string of the molecule is Cn1nc(-c2ccccc2F)c2c1CCCC2CC#N. The second-order valence-corrected chi connectivity index (χ2v) is 5.26. The maximum atomic E-state index is 14.1. The van der Waals surface area contributed by atoms with Crippen molar-refractivity contribution in [3.8, 4) is 17.3 Å². The predicted molar refractivity (Wildman–Crippen MR) is 74.5 cm³/mol. The summed E-state index contributed by atoms with van der Waals surface area (Å²) in [7, 11) is 1.90. The first-order chi connectivity index (χ1) is 9.72. The van der Waals surface area contributed by atoms with E-state index < -0.39 is 0 Å². The first-order valence-electron chi connectivity index (χ1n) is 6.90. The summed E-state index contributed by atoms with van der Waals surface area (Å²) in [5.74, 6) is -0.0817. The predicted octanol–water partition coefficient (Wildman–Crippen LogP) is 3.56. The highest BCUT2D eigenvalue weighted by atomic mass is 19.1. The highest BCUT2D eigenvalue weighted by molar-refractivity contribution is 5.66. The molecule has 0 radical (unpaired) electrons. The third-order valence-corrected chi connectivity index (χ3v) is 4.05. The van der Waals surface area contributed by atoms with E-state index in [0.717, 1.165) is 30.5 Å². The van der Waals surface area contributed by atoms with Gasteiger partial charge in [0.2, 0.25) is 0 Å². The van der Waals surface area contributed by atoms with Crippen LogP contribution < -0.4 is 0 Å². The molecule has 0 saturated heterocycles. The van der Waals surface area contributed by atoms with Crippen molar-refractivity contribution in [3.63, 3.8) is 0 Å². The molecule has 1 aliphatic rings. The molecule has 3 nitrogen and oxygen atoms in total. The Morgan fingerprint density at radius 2 is 2.25 bits per heavy atom.